The molecule has 0 radical (unpaired) electrons. The molecule has 4 rings (SSSR count). The number of carbonyl (C=O) groups is 1. The highest BCUT2D eigenvalue weighted by Crippen LogP contribution is 2.32. The molecule has 0 fully saturated rings. The molecule has 0 saturated heterocycles. The summed E-state index contributed by atoms with van der Waals surface area (Å²) >= 11 is 0. The topological polar surface area (TPSA) is 69.0 Å². The average molecular weight is 432 g/mol. The third-order valence-electron chi connectivity index (χ3n) is 5.34. The summed E-state index contributed by atoms with van der Waals surface area (Å²) in [7, 11) is 0. The first-order valence-corrected chi connectivity index (χ1v) is 10.6. The van der Waals surface area contributed by atoms with E-state index in [4.69, 9.17) is 14.8 Å². The Morgan fingerprint density at radius 1 is 1.09 bits per heavy atom. The van der Waals surface area contributed by atoms with Crippen molar-refractivity contribution in [2.24, 2.45) is 0 Å². The molecule has 0 spiro atoms. The Bertz CT molecular complexity index is 1250. The van der Waals surface area contributed by atoms with Gasteiger partial charge in [-0.15, -0.1) is 0 Å². The highest BCUT2D eigenvalue weighted by atomic mass is 19.1. The van der Waals surface area contributed by atoms with Crippen LogP contribution in [0, 0.1) is 19.7 Å². The molecule has 7 heteroatoms. The maximum atomic E-state index is 13.1. The van der Waals surface area contributed by atoms with Gasteiger partial charge in [0.15, 0.2) is 5.65 Å². The van der Waals surface area contributed by atoms with E-state index in [9.17, 15) is 9.18 Å². The fourth-order valence-corrected chi connectivity index (χ4v) is 3.83. The number of rotatable bonds is 7. The van der Waals surface area contributed by atoms with E-state index in [0.29, 0.717) is 24.6 Å². The number of nitrogens with one attached hydrogen (secondary N) is 1. The Morgan fingerprint density at radius 3 is 2.50 bits per heavy atom. The Balaban J connectivity index is 1.65. The van der Waals surface area contributed by atoms with Crippen molar-refractivity contribution >= 4 is 22.6 Å². The van der Waals surface area contributed by atoms with Crippen LogP contribution in [0.15, 0.2) is 54.6 Å². The SMILES string of the molecule is CCOc1nc2c(c(C)nn2-c2ccccc2)c(C)c1CCC(=O)Nc1ccc(F)cc1. The van der Waals surface area contributed by atoms with Crippen LogP contribution in [0.2, 0.25) is 0 Å². The minimum absolute atomic E-state index is 0.157. The lowest BCUT2D eigenvalue weighted by molar-refractivity contribution is -0.116. The number of para-hydroxylation sites is 1. The predicted octanol–water partition coefficient (Wildman–Crippen LogP) is 5.15. The number of anilines is 1. The first-order chi connectivity index (χ1) is 15.5. The van der Waals surface area contributed by atoms with Gasteiger partial charge in [-0.2, -0.15) is 10.1 Å². The molecule has 4 aromatic rings. The second-order valence-corrected chi connectivity index (χ2v) is 7.54. The van der Waals surface area contributed by atoms with E-state index in [1.807, 2.05) is 55.8 Å². The van der Waals surface area contributed by atoms with Crippen molar-refractivity contribution < 1.29 is 13.9 Å². The number of aryl methyl sites for hydroxylation is 2. The van der Waals surface area contributed by atoms with Gasteiger partial charge in [0.2, 0.25) is 11.8 Å². The largest absolute Gasteiger partial charge is 0.478 e. The second kappa shape index (κ2) is 9.18. The number of pyridine rings is 1. The third-order valence-corrected chi connectivity index (χ3v) is 5.34. The Morgan fingerprint density at radius 2 is 1.81 bits per heavy atom. The van der Waals surface area contributed by atoms with Crippen LogP contribution < -0.4 is 10.1 Å². The highest BCUT2D eigenvalue weighted by Gasteiger charge is 2.20. The summed E-state index contributed by atoms with van der Waals surface area (Å²) in [5.41, 5.74) is 4.98. The molecule has 2 heterocycles. The third kappa shape index (κ3) is 4.32. The van der Waals surface area contributed by atoms with Gasteiger partial charge in [0.25, 0.3) is 0 Å². The second-order valence-electron chi connectivity index (χ2n) is 7.54. The standard InChI is InChI=1S/C25H25FN4O2/c1-4-32-25-21(14-15-22(31)27-19-12-10-18(26)11-13-19)16(2)23-17(3)29-30(24(23)28-25)20-8-6-5-7-9-20/h5-13H,4,14-15H2,1-3H3,(H,27,31). The number of ether oxygens (including phenoxy) is 1. The van der Waals surface area contributed by atoms with Gasteiger partial charge in [-0.25, -0.2) is 9.07 Å². The van der Waals surface area contributed by atoms with Gasteiger partial charge in [-0.3, -0.25) is 4.79 Å². The van der Waals surface area contributed by atoms with Crippen molar-refractivity contribution in [3.63, 3.8) is 0 Å². The van der Waals surface area contributed by atoms with E-state index >= 15 is 0 Å². The molecule has 2 aromatic heterocycles. The molecule has 0 aliphatic rings. The summed E-state index contributed by atoms with van der Waals surface area (Å²) in [6.07, 6.45) is 0.713. The van der Waals surface area contributed by atoms with Crippen LogP contribution in [-0.4, -0.2) is 27.3 Å². The summed E-state index contributed by atoms with van der Waals surface area (Å²) in [5.74, 6) is 0.0187. The van der Waals surface area contributed by atoms with Gasteiger partial charge in [-0.05, 0) is 69.2 Å². The van der Waals surface area contributed by atoms with E-state index in [2.05, 4.69) is 5.32 Å². The minimum atomic E-state index is -0.342. The van der Waals surface area contributed by atoms with Crippen LogP contribution in [0.1, 0.15) is 30.2 Å². The molecule has 0 saturated carbocycles. The number of hydrogen-bond acceptors (Lipinski definition) is 4. The van der Waals surface area contributed by atoms with Crippen molar-refractivity contribution in [3.05, 3.63) is 77.2 Å². The predicted molar refractivity (Wildman–Crippen MR) is 123 cm³/mol. The molecule has 6 nitrogen and oxygen atoms in total. The summed E-state index contributed by atoms with van der Waals surface area (Å²) in [6, 6.07) is 15.6. The van der Waals surface area contributed by atoms with Crippen LogP contribution in [0.25, 0.3) is 16.7 Å². The maximum Gasteiger partial charge on any atom is 0.224 e. The monoisotopic (exact) mass is 432 g/mol. The molecular weight excluding hydrogens is 407 g/mol. The van der Waals surface area contributed by atoms with E-state index in [-0.39, 0.29) is 18.1 Å². The van der Waals surface area contributed by atoms with Crippen LogP contribution >= 0.6 is 0 Å². The van der Waals surface area contributed by atoms with Gasteiger partial charge < -0.3 is 10.1 Å². The number of fused-ring (bicyclic) bond motifs is 1. The number of aromatic nitrogens is 3. The number of amides is 1. The lowest BCUT2D eigenvalue weighted by Crippen LogP contribution is -2.13. The molecule has 164 valence electrons. The molecule has 2 aromatic carbocycles. The zero-order valence-corrected chi connectivity index (χ0v) is 18.4. The molecule has 0 atom stereocenters. The molecule has 1 amide bonds. The van der Waals surface area contributed by atoms with Crippen LogP contribution in [0.5, 0.6) is 5.88 Å². The Kier molecular flexibility index (Phi) is 6.16. The van der Waals surface area contributed by atoms with Crippen molar-refractivity contribution in [2.45, 2.75) is 33.6 Å². The Labute approximate surface area is 186 Å². The fourth-order valence-electron chi connectivity index (χ4n) is 3.83. The van der Waals surface area contributed by atoms with E-state index in [1.165, 1.54) is 12.1 Å². The zero-order chi connectivity index (χ0) is 22.7. The summed E-state index contributed by atoms with van der Waals surface area (Å²) < 4.78 is 20.8. The van der Waals surface area contributed by atoms with Crippen molar-refractivity contribution in [1.29, 1.82) is 0 Å². The quantitative estimate of drug-likeness (QED) is 0.439. The van der Waals surface area contributed by atoms with Gasteiger partial charge in [0.1, 0.15) is 5.82 Å². The van der Waals surface area contributed by atoms with Gasteiger partial charge >= 0.3 is 0 Å². The smallest absolute Gasteiger partial charge is 0.224 e. The molecule has 1 N–H and O–H groups in total. The summed E-state index contributed by atoms with van der Waals surface area (Å²) in [6.45, 7) is 6.35. The fraction of sp³-hybridized carbons (Fsp3) is 0.240. The molecule has 0 unspecified atom stereocenters. The van der Waals surface area contributed by atoms with Gasteiger partial charge in [0.05, 0.1) is 18.0 Å². The number of benzene rings is 2. The molecular formula is C25H25FN4O2. The van der Waals surface area contributed by atoms with Crippen molar-refractivity contribution in [3.8, 4) is 11.6 Å². The van der Waals surface area contributed by atoms with E-state index in [0.717, 1.165) is 33.5 Å². The van der Waals surface area contributed by atoms with Gasteiger partial charge in [0, 0.05) is 23.1 Å². The summed E-state index contributed by atoms with van der Waals surface area (Å²) in [5, 5.41) is 8.48. The van der Waals surface area contributed by atoms with Crippen molar-refractivity contribution in [2.75, 3.05) is 11.9 Å². The first kappa shape index (κ1) is 21.5. The van der Waals surface area contributed by atoms with Gasteiger partial charge in [-0.1, -0.05) is 18.2 Å². The Hall–Kier alpha value is -3.74. The number of halogens is 1. The van der Waals surface area contributed by atoms with Crippen LogP contribution in [0.4, 0.5) is 10.1 Å². The molecule has 32 heavy (non-hydrogen) atoms. The molecule has 0 aliphatic heterocycles. The van der Waals surface area contributed by atoms with E-state index < -0.39 is 0 Å². The van der Waals surface area contributed by atoms with E-state index in [1.54, 1.807) is 12.1 Å². The molecule has 0 bridgehead atoms. The van der Waals surface area contributed by atoms with Crippen molar-refractivity contribution in [1.82, 2.24) is 14.8 Å². The average Bonchev–Trinajstić information content (AvgIpc) is 3.12. The number of carbonyl (C=O) groups excluding carboxylic acids is 1. The minimum Gasteiger partial charge on any atom is -0.478 e. The first-order valence-electron chi connectivity index (χ1n) is 10.6. The summed E-state index contributed by atoms with van der Waals surface area (Å²) in [4.78, 5) is 17.3. The highest BCUT2D eigenvalue weighted by molar-refractivity contribution is 5.91. The molecule has 0 aliphatic carbocycles. The maximum absolute atomic E-state index is 13.1. The van der Waals surface area contributed by atoms with Crippen LogP contribution in [-0.2, 0) is 11.2 Å². The van der Waals surface area contributed by atoms with Crippen LogP contribution in [0.3, 0.4) is 0 Å². The number of nitrogens with zero attached hydrogens (tertiary/aromatic N) is 3. The zero-order valence-electron chi connectivity index (χ0n) is 18.4. The lowest BCUT2D eigenvalue weighted by Gasteiger charge is -2.14. The number of hydrogen-bond donors (Lipinski definition) is 1. The normalized spacial score (nSPS) is 11.0. The lowest BCUT2D eigenvalue weighted by atomic mass is 10.0.